The molecular weight excluding hydrogens is 590 g/mol. The van der Waals surface area contributed by atoms with Crippen molar-refractivity contribution in [3.63, 3.8) is 0 Å². The number of benzene rings is 2. The minimum atomic E-state index is -4.86. The van der Waals surface area contributed by atoms with E-state index in [0.717, 1.165) is 18.4 Å². The number of hydrogen-bond acceptors (Lipinski definition) is 4. The highest BCUT2D eigenvalue weighted by atomic mass is 35.5. The number of nitrogens with zero attached hydrogens (tertiary/aromatic N) is 2. The van der Waals surface area contributed by atoms with E-state index in [9.17, 15) is 31.2 Å². The van der Waals surface area contributed by atoms with Gasteiger partial charge in [0, 0.05) is 13.1 Å². The van der Waals surface area contributed by atoms with Crippen LogP contribution in [0.3, 0.4) is 0 Å². The normalized spacial score (nSPS) is 12.7. The first-order valence-electron chi connectivity index (χ1n) is 11.5. The second-order valence-corrected chi connectivity index (χ2v) is 11.5. The molecule has 210 valence electrons. The van der Waals surface area contributed by atoms with E-state index >= 15 is 0 Å². The molecule has 14 heteroatoms. The Hall–Kier alpha value is -2.21. The van der Waals surface area contributed by atoms with Crippen molar-refractivity contribution in [2.45, 2.75) is 45.5 Å². The Morgan fingerprint density at radius 2 is 1.63 bits per heavy atom. The second kappa shape index (κ2) is 13.2. The van der Waals surface area contributed by atoms with Gasteiger partial charge in [0.1, 0.15) is 12.6 Å². The van der Waals surface area contributed by atoms with Crippen LogP contribution in [-0.4, -0.2) is 50.5 Å². The zero-order chi connectivity index (χ0) is 28.8. The zero-order valence-corrected chi connectivity index (χ0v) is 23.9. The molecule has 2 aromatic rings. The molecule has 1 N–H and O–H groups in total. The highest BCUT2D eigenvalue weighted by Gasteiger charge is 2.36. The van der Waals surface area contributed by atoms with Gasteiger partial charge in [-0.2, -0.15) is 13.2 Å². The van der Waals surface area contributed by atoms with Crippen molar-refractivity contribution in [3.05, 3.63) is 62.6 Å². The fraction of sp³-hybridized carbons (Fsp3) is 0.417. The number of alkyl halides is 3. The number of amides is 2. The molecule has 0 bridgehead atoms. The van der Waals surface area contributed by atoms with Crippen LogP contribution >= 0.6 is 34.8 Å². The lowest BCUT2D eigenvalue weighted by Gasteiger charge is -2.33. The van der Waals surface area contributed by atoms with Gasteiger partial charge >= 0.3 is 6.18 Å². The van der Waals surface area contributed by atoms with E-state index in [-0.39, 0.29) is 23.0 Å². The minimum Gasteiger partial charge on any atom is -0.354 e. The molecule has 2 aromatic carbocycles. The van der Waals surface area contributed by atoms with Gasteiger partial charge in [-0.25, -0.2) is 8.42 Å². The van der Waals surface area contributed by atoms with Crippen LogP contribution in [0.25, 0.3) is 0 Å². The van der Waals surface area contributed by atoms with E-state index in [1.165, 1.54) is 17.0 Å². The molecule has 0 aliphatic heterocycles. The molecule has 2 amide bonds. The van der Waals surface area contributed by atoms with Gasteiger partial charge in [-0.3, -0.25) is 13.9 Å². The molecule has 0 heterocycles. The van der Waals surface area contributed by atoms with Crippen LogP contribution in [0.4, 0.5) is 18.9 Å². The monoisotopic (exact) mass is 615 g/mol. The molecule has 0 aliphatic carbocycles. The minimum absolute atomic E-state index is 0.139. The van der Waals surface area contributed by atoms with Crippen molar-refractivity contribution >= 4 is 62.3 Å². The number of halogens is 6. The predicted octanol–water partition coefficient (Wildman–Crippen LogP) is 5.77. The molecule has 0 aliphatic rings. The molecule has 1 atom stereocenters. The molecule has 0 fully saturated rings. The van der Waals surface area contributed by atoms with E-state index in [0.29, 0.717) is 28.9 Å². The summed E-state index contributed by atoms with van der Waals surface area (Å²) >= 11 is 17.8. The third kappa shape index (κ3) is 8.39. The maximum atomic E-state index is 13.6. The molecule has 0 spiro atoms. The predicted molar refractivity (Wildman–Crippen MR) is 143 cm³/mol. The van der Waals surface area contributed by atoms with Crippen molar-refractivity contribution in [3.8, 4) is 0 Å². The average Bonchev–Trinajstić information content (AvgIpc) is 2.82. The lowest BCUT2D eigenvalue weighted by atomic mass is 10.1. The highest BCUT2D eigenvalue weighted by Crippen LogP contribution is 2.37. The highest BCUT2D eigenvalue weighted by molar-refractivity contribution is 7.92. The maximum absolute atomic E-state index is 13.6. The Morgan fingerprint density at radius 1 is 1.00 bits per heavy atom. The number of nitrogens with one attached hydrogen (secondary N) is 1. The zero-order valence-electron chi connectivity index (χ0n) is 20.8. The first kappa shape index (κ1) is 32.0. The van der Waals surface area contributed by atoms with Gasteiger partial charge in [-0.05, 0) is 48.7 Å². The molecule has 0 saturated heterocycles. The summed E-state index contributed by atoms with van der Waals surface area (Å²) in [6.45, 7) is 2.88. The van der Waals surface area contributed by atoms with Crippen molar-refractivity contribution in [1.82, 2.24) is 10.2 Å². The molecular formula is C24H27Cl3F3N3O4S. The Labute approximate surface area is 234 Å². The third-order valence-electron chi connectivity index (χ3n) is 5.49. The van der Waals surface area contributed by atoms with Crippen molar-refractivity contribution in [2.75, 3.05) is 23.7 Å². The van der Waals surface area contributed by atoms with E-state index in [1.807, 2.05) is 6.92 Å². The molecule has 38 heavy (non-hydrogen) atoms. The molecule has 0 aromatic heterocycles. The lowest BCUT2D eigenvalue weighted by Crippen LogP contribution is -2.52. The van der Waals surface area contributed by atoms with Gasteiger partial charge < -0.3 is 10.2 Å². The van der Waals surface area contributed by atoms with E-state index in [2.05, 4.69) is 5.32 Å². The summed E-state index contributed by atoms with van der Waals surface area (Å²) in [5.74, 6) is -1.27. The largest absolute Gasteiger partial charge is 0.417 e. The van der Waals surface area contributed by atoms with Crippen molar-refractivity contribution in [2.24, 2.45) is 0 Å². The fourth-order valence-corrected chi connectivity index (χ4v) is 5.01. The quantitative estimate of drug-likeness (QED) is 0.348. The van der Waals surface area contributed by atoms with Gasteiger partial charge in [-0.15, -0.1) is 0 Å². The molecule has 0 radical (unpaired) electrons. The number of carbonyl (C=O) groups excluding carboxylic acids is 2. The van der Waals surface area contributed by atoms with E-state index in [4.69, 9.17) is 34.8 Å². The molecule has 7 nitrogen and oxygen atoms in total. The summed E-state index contributed by atoms with van der Waals surface area (Å²) in [5.41, 5.74) is -1.16. The fourth-order valence-electron chi connectivity index (χ4n) is 3.62. The van der Waals surface area contributed by atoms with Crippen molar-refractivity contribution in [1.29, 1.82) is 0 Å². The summed E-state index contributed by atoms with van der Waals surface area (Å²) in [4.78, 5) is 27.7. The summed E-state index contributed by atoms with van der Waals surface area (Å²) in [5, 5.41) is 2.57. The average molecular weight is 617 g/mol. The number of anilines is 1. The van der Waals surface area contributed by atoms with Crippen LogP contribution in [0, 0.1) is 0 Å². The Bertz CT molecular complexity index is 1280. The molecule has 1 unspecified atom stereocenters. The van der Waals surface area contributed by atoms with Gasteiger partial charge in [0.15, 0.2) is 0 Å². The maximum Gasteiger partial charge on any atom is 0.417 e. The number of sulfonamides is 1. The smallest absolute Gasteiger partial charge is 0.354 e. The second-order valence-electron chi connectivity index (χ2n) is 8.42. The number of hydrogen-bond donors (Lipinski definition) is 1. The number of carbonyl (C=O) groups is 2. The first-order valence-corrected chi connectivity index (χ1v) is 14.4. The van der Waals surface area contributed by atoms with Crippen LogP contribution in [0.15, 0.2) is 36.4 Å². The first-order chi connectivity index (χ1) is 17.6. The Balaban J connectivity index is 2.53. The summed E-state index contributed by atoms with van der Waals surface area (Å²) in [6, 6.07) is 6.14. The van der Waals surface area contributed by atoms with Crippen LogP contribution in [-0.2, 0) is 32.3 Å². The van der Waals surface area contributed by atoms with E-state index < -0.39 is 56.9 Å². The van der Waals surface area contributed by atoms with Crippen LogP contribution in [0.1, 0.15) is 37.8 Å². The van der Waals surface area contributed by atoms with Gasteiger partial charge in [-0.1, -0.05) is 54.7 Å². The SMILES string of the molecule is CCCNC(=O)C(CC)N(Cc1ccc(Cl)c(Cl)c1)C(=O)CN(c1ccc(Cl)c(C(F)(F)F)c1)S(C)(=O)=O. The number of rotatable bonds is 11. The summed E-state index contributed by atoms with van der Waals surface area (Å²) in [7, 11) is -4.24. The Morgan fingerprint density at radius 3 is 2.16 bits per heavy atom. The molecule has 2 rings (SSSR count). The third-order valence-corrected chi connectivity index (χ3v) is 7.70. The Kier molecular flexibility index (Phi) is 11.1. The van der Waals surface area contributed by atoms with Gasteiger partial charge in [0.2, 0.25) is 21.8 Å². The lowest BCUT2D eigenvalue weighted by molar-refractivity contribution is -0.140. The summed E-state index contributed by atoms with van der Waals surface area (Å²) in [6.07, 6.45) is -3.27. The topological polar surface area (TPSA) is 86.8 Å². The van der Waals surface area contributed by atoms with Crippen LogP contribution in [0.5, 0.6) is 0 Å². The van der Waals surface area contributed by atoms with Crippen molar-refractivity contribution < 1.29 is 31.2 Å². The summed E-state index contributed by atoms with van der Waals surface area (Å²) < 4.78 is 66.1. The van der Waals surface area contributed by atoms with Gasteiger partial charge in [0.05, 0.1) is 32.6 Å². The van der Waals surface area contributed by atoms with E-state index in [1.54, 1.807) is 13.0 Å². The van der Waals surface area contributed by atoms with Gasteiger partial charge in [0.25, 0.3) is 0 Å². The van der Waals surface area contributed by atoms with Crippen LogP contribution < -0.4 is 9.62 Å². The molecule has 0 saturated carbocycles. The van der Waals surface area contributed by atoms with Crippen LogP contribution in [0.2, 0.25) is 15.1 Å². The standard InChI is InChI=1S/C24H27Cl3F3N3O4S/c1-4-10-31-23(35)21(5-2)32(13-15-6-8-19(26)20(27)11-15)22(34)14-33(38(3,36)37)16-7-9-18(25)17(12-16)24(28,29)30/h6-9,11-12,21H,4-5,10,13-14H2,1-3H3,(H,31,35).